The van der Waals surface area contributed by atoms with Gasteiger partial charge in [-0.25, -0.2) is 14.8 Å². The first-order valence-electron chi connectivity index (χ1n) is 16.3. The van der Waals surface area contributed by atoms with Crippen LogP contribution in [0, 0.1) is 0 Å². The number of carboxylic acids is 1. The van der Waals surface area contributed by atoms with Crippen molar-refractivity contribution in [2.75, 3.05) is 0 Å². The molecule has 3 aromatic heterocycles. The number of benzene rings is 5. The number of imidazole rings is 1. The highest BCUT2D eigenvalue weighted by Gasteiger charge is 2.24. The summed E-state index contributed by atoms with van der Waals surface area (Å²) < 4.78 is 2.21. The zero-order valence-electron chi connectivity index (χ0n) is 27.5. The zero-order chi connectivity index (χ0) is 33.7. The highest BCUT2D eigenvalue weighted by atomic mass is 16.4. The van der Waals surface area contributed by atoms with Crippen LogP contribution in [0.25, 0.3) is 72.5 Å². The van der Waals surface area contributed by atoms with Crippen LogP contribution < -0.4 is 0 Å². The number of carbonyl (C=O) groups is 1. The van der Waals surface area contributed by atoms with Crippen LogP contribution in [-0.4, -0.2) is 30.6 Å². The number of aromatic nitrogens is 4. The summed E-state index contributed by atoms with van der Waals surface area (Å²) in [5.41, 5.74) is 10.9. The minimum absolute atomic E-state index is 0.0189. The van der Waals surface area contributed by atoms with Gasteiger partial charge in [0.2, 0.25) is 0 Å². The van der Waals surface area contributed by atoms with Gasteiger partial charge >= 0.3 is 5.97 Å². The zero-order valence-corrected chi connectivity index (χ0v) is 27.5. The second-order valence-electron chi connectivity index (χ2n) is 13.4. The number of hydrogen-bond donors (Lipinski definition) is 2. The second-order valence-corrected chi connectivity index (χ2v) is 13.4. The monoisotopic (exact) mass is 638 g/mol. The molecule has 0 saturated carbocycles. The van der Waals surface area contributed by atoms with Crippen molar-refractivity contribution >= 4 is 27.9 Å². The van der Waals surface area contributed by atoms with Crippen molar-refractivity contribution in [3.63, 3.8) is 0 Å². The summed E-state index contributed by atoms with van der Waals surface area (Å²) in [4.78, 5) is 25.9. The fraction of sp³-hybridized carbons (Fsp3) is 0.0930. The van der Waals surface area contributed by atoms with E-state index in [1.54, 1.807) is 6.07 Å². The predicted octanol–water partition coefficient (Wildman–Crippen LogP) is 10.6. The largest absolute Gasteiger partial charge is 0.477 e. The van der Waals surface area contributed by atoms with Crippen molar-refractivity contribution in [2.45, 2.75) is 26.2 Å². The van der Waals surface area contributed by atoms with Crippen LogP contribution in [0.5, 0.6) is 0 Å². The molecule has 0 spiro atoms. The van der Waals surface area contributed by atoms with Gasteiger partial charge in [-0.3, -0.25) is 4.57 Å². The highest BCUT2D eigenvalue weighted by molar-refractivity contribution is 6.00. The molecule has 0 amide bonds. The topological polar surface area (TPSA) is 83.8 Å². The summed E-state index contributed by atoms with van der Waals surface area (Å²) in [5.74, 6) is -0.299. The number of aromatic amines is 1. The van der Waals surface area contributed by atoms with E-state index < -0.39 is 5.97 Å². The first kappa shape index (κ1) is 30.1. The molecule has 238 valence electrons. The second kappa shape index (κ2) is 11.8. The van der Waals surface area contributed by atoms with E-state index >= 15 is 0 Å². The molecule has 0 aliphatic carbocycles. The van der Waals surface area contributed by atoms with E-state index in [4.69, 9.17) is 4.98 Å². The molecular weight excluding hydrogens is 604 g/mol. The smallest absolute Gasteiger partial charge is 0.354 e. The fourth-order valence-electron chi connectivity index (χ4n) is 6.56. The molecule has 6 nitrogen and oxygen atoms in total. The Morgan fingerprint density at radius 3 is 2.08 bits per heavy atom. The Bertz CT molecular complexity index is 2500. The van der Waals surface area contributed by atoms with Gasteiger partial charge in [-0.05, 0) is 81.8 Å². The number of aromatic carboxylic acids is 1. The molecule has 0 radical (unpaired) electrons. The van der Waals surface area contributed by atoms with Crippen molar-refractivity contribution in [2.24, 2.45) is 0 Å². The van der Waals surface area contributed by atoms with Gasteiger partial charge in [0, 0.05) is 28.4 Å². The van der Waals surface area contributed by atoms with E-state index in [0.29, 0.717) is 5.69 Å². The molecule has 49 heavy (non-hydrogen) atoms. The predicted molar refractivity (Wildman–Crippen MR) is 198 cm³/mol. The lowest BCUT2D eigenvalue weighted by molar-refractivity contribution is 0.0690. The van der Waals surface area contributed by atoms with Gasteiger partial charge in [-0.1, -0.05) is 106 Å². The molecule has 3 heterocycles. The van der Waals surface area contributed by atoms with Gasteiger partial charge in [-0.2, -0.15) is 0 Å². The minimum Gasteiger partial charge on any atom is -0.477 e. The molecule has 8 aromatic rings. The Kier molecular flexibility index (Phi) is 7.22. The molecule has 0 aliphatic heterocycles. The Labute approximate surface area is 284 Å². The van der Waals surface area contributed by atoms with Gasteiger partial charge in [0.05, 0.1) is 22.2 Å². The summed E-state index contributed by atoms with van der Waals surface area (Å²) in [7, 11) is 0. The van der Waals surface area contributed by atoms with E-state index in [1.165, 1.54) is 5.56 Å². The molecule has 0 aliphatic rings. The standard InChI is InChI=1S/C43H34N4O2/c1-43(2,3)32-22-30-20-21-44-39(30)35(26-32)41-46-40-34(36-24-31(25-37(45-36)42(48)49)28-14-8-5-9-15-28)18-11-19-38(40)47(41)33-17-10-16-29(23-33)27-12-6-4-7-13-27/h4-26,44H,1-3H3,(H,48,49). The molecule has 2 N–H and O–H groups in total. The molecule has 0 atom stereocenters. The number of fused-ring (bicyclic) bond motifs is 2. The summed E-state index contributed by atoms with van der Waals surface area (Å²) >= 11 is 0. The molecule has 0 saturated heterocycles. The lowest BCUT2D eigenvalue weighted by Crippen LogP contribution is -2.11. The quantitative estimate of drug-likeness (QED) is 0.190. The normalized spacial score (nSPS) is 11.7. The number of pyridine rings is 1. The average molecular weight is 639 g/mol. The van der Waals surface area contributed by atoms with Crippen LogP contribution in [0.15, 0.2) is 140 Å². The van der Waals surface area contributed by atoms with E-state index in [9.17, 15) is 9.90 Å². The van der Waals surface area contributed by atoms with Crippen molar-refractivity contribution in [1.29, 1.82) is 0 Å². The Morgan fingerprint density at radius 2 is 1.37 bits per heavy atom. The molecule has 5 aromatic carbocycles. The van der Waals surface area contributed by atoms with Crippen molar-refractivity contribution in [1.82, 2.24) is 19.5 Å². The SMILES string of the molecule is CC(C)(C)c1cc(-c2nc3c(-c4cc(-c5ccccc5)cc(C(=O)O)n4)cccc3n2-c2cccc(-c3ccccc3)c2)c2[nH]ccc2c1. The number of nitrogens with one attached hydrogen (secondary N) is 1. The van der Waals surface area contributed by atoms with E-state index in [0.717, 1.165) is 66.8 Å². The van der Waals surface area contributed by atoms with Crippen LogP contribution in [0.1, 0.15) is 36.8 Å². The summed E-state index contributed by atoms with van der Waals surface area (Å²) in [6, 6.07) is 44.9. The third-order valence-corrected chi connectivity index (χ3v) is 9.09. The minimum atomic E-state index is -1.08. The Morgan fingerprint density at radius 1 is 0.673 bits per heavy atom. The van der Waals surface area contributed by atoms with Crippen molar-refractivity contribution < 1.29 is 9.90 Å². The molecular formula is C43H34N4O2. The van der Waals surface area contributed by atoms with Crippen LogP contribution in [0.4, 0.5) is 0 Å². The summed E-state index contributed by atoms with van der Waals surface area (Å²) in [5, 5.41) is 11.2. The molecule has 6 heteroatoms. The highest BCUT2D eigenvalue weighted by Crippen LogP contribution is 2.39. The van der Waals surface area contributed by atoms with Crippen molar-refractivity contribution in [3.05, 3.63) is 151 Å². The Hall–Kier alpha value is -6.27. The lowest BCUT2D eigenvalue weighted by Gasteiger charge is -2.21. The maximum atomic E-state index is 12.3. The number of rotatable bonds is 6. The maximum Gasteiger partial charge on any atom is 0.354 e. The molecule has 8 rings (SSSR count). The van der Waals surface area contributed by atoms with Gasteiger partial charge in [0.25, 0.3) is 0 Å². The average Bonchev–Trinajstić information content (AvgIpc) is 3.77. The summed E-state index contributed by atoms with van der Waals surface area (Å²) in [6.07, 6.45) is 1.97. The van der Waals surface area contributed by atoms with E-state index in [2.05, 4.69) is 96.0 Å². The van der Waals surface area contributed by atoms with Crippen LogP contribution in [-0.2, 0) is 5.41 Å². The van der Waals surface area contributed by atoms with Crippen LogP contribution >= 0.6 is 0 Å². The van der Waals surface area contributed by atoms with E-state index in [1.807, 2.05) is 72.9 Å². The van der Waals surface area contributed by atoms with Gasteiger partial charge in [0.15, 0.2) is 0 Å². The molecule has 0 unspecified atom stereocenters. The van der Waals surface area contributed by atoms with Gasteiger partial charge in [0.1, 0.15) is 11.5 Å². The first-order valence-corrected chi connectivity index (χ1v) is 16.3. The number of hydrogen-bond acceptors (Lipinski definition) is 3. The Balaban J connectivity index is 1.44. The van der Waals surface area contributed by atoms with Crippen LogP contribution in [0.2, 0.25) is 0 Å². The van der Waals surface area contributed by atoms with Gasteiger partial charge < -0.3 is 10.1 Å². The fourth-order valence-corrected chi connectivity index (χ4v) is 6.56. The van der Waals surface area contributed by atoms with Crippen molar-refractivity contribution in [3.8, 4) is 50.6 Å². The lowest BCUT2D eigenvalue weighted by atomic mass is 9.85. The van der Waals surface area contributed by atoms with E-state index in [-0.39, 0.29) is 11.1 Å². The summed E-state index contributed by atoms with van der Waals surface area (Å²) in [6.45, 7) is 6.67. The van der Waals surface area contributed by atoms with Gasteiger partial charge in [-0.15, -0.1) is 0 Å². The molecule has 0 bridgehead atoms. The third kappa shape index (κ3) is 5.47. The number of nitrogens with zero attached hydrogens (tertiary/aromatic N) is 3. The number of para-hydroxylation sites is 1. The third-order valence-electron chi connectivity index (χ3n) is 9.09. The maximum absolute atomic E-state index is 12.3. The van der Waals surface area contributed by atoms with Crippen LogP contribution in [0.3, 0.4) is 0 Å². The number of H-pyrrole nitrogens is 1. The molecule has 0 fully saturated rings. The number of carboxylic acid groups (broad SMARTS) is 1. The first-order chi connectivity index (χ1) is 23.7.